The van der Waals surface area contributed by atoms with E-state index in [2.05, 4.69) is 80.0 Å². The Kier molecular flexibility index (Phi) is 7.11. The van der Waals surface area contributed by atoms with Gasteiger partial charge in [0.15, 0.2) is 0 Å². The van der Waals surface area contributed by atoms with Crippen LogP contribution in [0.2, 0.25) is 0 Å². The Balaban J connectivity index is 1.69. The van der Waals surface area contributed by atoms with Crippen LogP contribution in [0.15, 0.2) is 77.3 Å². The summed E-state index contributed by atoms with van der Waals surface area (Å²) in [5, 5.41) is 13.3. The van der Waals surface area contributed by atoms with Gasteiger partial charge in [-0.05, 0) is 86.4 Å². The molecule has 0 saturated carbocycles. The van der Waals surface area contributed by atoms with E-state index in [1.165, 1.54) is 36.9 Å². The second kappa shape index (κ2) is 10.3. The van der Waals surface area contributed by atoms with Crippen molar-refractivity contribution in [2.45, 2.75) is 46.1 Å². The molecule has 0 spiro atoms. The fourth-order valence-electron chi connectivity index (χ4n) is 5.00. The van der Waals surface area contributed by atoms with Crippen molar-refractivity contribution in [2.75, 3.05) is 0 Å². The topological polar surface area (TPSA) is 46.5 Å². The molecule has 5 aromatic rings. The summed E-state index contributed by atoms with van der Waals surface area (Å²) < 4.78 is 8.84. The summed E-state index contributed by atoms with van der Waals surface area (Å²) >= 11 is 5.72. The average molecular weight is 574 g/mol. The van der Waals surface area contributed by atoms with Gasteiger partial charge in [-0.2, -0.15) is 0 Å². The lowest BCUT2D eigenvalue weighted by Gasteiger charge is -2.23. The molecule has 3 nitrogen and oxygen atoms in total. The summed E-state index contributed by atoms with van der Waals surface area (Å²) in [6.45, 7) is 8.69. The molecule has 0 amide bonds. The summed E-state index contributed by atoms with van der Waals surface area (Å²) in [4.78, 5) is 13.0. The molecule has 1 atom stereocenters. The molecule has 0 aliphatic heterocycles. The van der Waals surface area contributed by atoms with E-state index >= 15 is 0 Å². The first-order valence-electron chi connectivity index (χ1n) is 12.4. The minimum atomic E-state index is -0.886. The Morgan fingerprint density at radius 2 is 1.65 bits per heavy atom. The second-order valence-electron chi connectivity index (χ2n) is 9.74. The van der Waals surface area contributed by atoms with Crippen LogP contribution in [-0.4, -0.2) is 11.1 Å². The molecule has 0 aliphatic carbocycles. The van der Waals surface area contributed by atoms with Crippen LogP contribution in [0.4, 0.5) is 0 Å². The van der Waals surface area contributed by atoms with Gasteiger partial charge in [-0.25, -0.2) is 0 Å². The highest BCUT2D eigenvalue weighted by molar-refractivity contribution is 9.11. The number of carboxylic acid groups (broad SMARTS) is 1. The van der Waals surface area contributed by atoms with Crippen molar-refractivity contribution >= 4 is 54.1 Å². The number of aliphatic carboxylic acids is 1. The summed E-state index contributed by atoms with van der Waals surface area (Å²) in [6, 6.07) is 24.5. The third-order valence-electron chi connectivity index (χ3n) is 6.99. The first kappa shape index (κ1) is 25.5. The first-order valence-corrected chi connectivity index (χ1v) is 14.0. The zero-order valence-corrected chi connectivity index (χ0v) is 23.7. The van der Waals surface area contributed by atoms with Crippen LogP contribution in [0.3, 0.4) is 0 Å². The van der Waals surface area contributed by atoms with E-state index in [-0.39, 0.29) is 12.3 Å². The molecule has 1 N–H and O–H groups in total. The van der Waals surface area contributed by atoms with Gasteiger partial charge in [0.2, 0.25) is 0 Å². The summed E-state index contributed by atoms with van der Waals surface area (Å²) in [7, 11) is 0. The number of carboxylic acids is 1. The van der Waals surface area contributed by atoms with Crippen LogP contribution < -0.4 is 4.74 Å². The number of halogens is 1. The van der Waals surface area contributed by atoms with E-state index in [9.17, 15) is 9.90 Å². The summed E-state index contributed by atoms with van der Waals surface area (Å²) in [5.74, 6) is 0.0343. The second-order valence-corrected chi connectivity index (χ2v) is 11.8. The van der Waals surface area contributed by atoms with E-state index in [0.717, 1.165) is 26.9 Å². The van der Waals surface area contributed by atoms with Crippen molar-refractivity contribution in [1.29, 1.82) is 0 Å². The van der Waals surface area contributed by atoms with E-state index in [4.69, 9.17) is 4.74 Å². The third kappa shape index (κ3) is 4.78. The number of rotatable bonds is 7. The molecular formula is C32H29BrO3S. The van der Waals surface area contributed by atoms with E-state index in [0.29, 0.717) is 0 Å². The number of fused-ring (bicyclic) bond motifs is 2. The zero-order chi connectivity index (χ0) is 26.3. The first-order chi connectivity index (χ1) is 17.8. The Bertz CT molecular complexity index is 1620. The average Bonchev–Trinajstić information content (AvgIpc) is 3.19. The molecule has 0 aliphatic rings. The van der Waals surface area contributed by atoms with Gasteiger partial charge in [0.1, 0.15) is 11.9 Å². The van der Waals surface area contributed by atoms with Crippen molar-refractivity contribution in [3.8, 4) is 16.9 Å². The molecule has 1 unspecified atom stereocenters. The fourth-order valence-corrected chi connectivity index (χ4v) is 6.91. The van der Waals surface area contributed by atoms with E-state index in [1.54, 1.807) is 0 Å². The molecule has 5 heteroatoms. The van der Waals surface area contributed by atoms with Gasteiger partial charge in [0.25, 0.3) is 0 Å². The van der Waals surface area contributed by atoms with Crippen molar-refractivity contribution < 1.29 is 14.6 Å². The van der Waals surface area contributed by atoms with Crippen molar-refractivity contribution in [3.63, 3.8) is 0 Å². The molecule has 4 aromatic carbocycles. The molecule has 0 fully saturated rings. The molecule has 1 aromatic heterocycles. The number of hydrogen-bond donors (Lipinski definition) is 1. The van der Waals surface area contributed by atoms with Gasteiger partial charge >= 0.3 is 5.97 Å². The van der Waals surface area contributed by atoms with E-state index < -0.39 is 12.1 Å². The van der Waals surface area contributed by atoms with Crippen molar-refractivity contribution in [2.24, 2.45) is 0 Å². The lowest BCUT2D eigenvalue weighted by Crippen LogP contribution is -2.14. The summed E-state index contributed by atoms with van der Waals surface area (Å²) in [5.41, 5.74) is 5.59. The van der Waals surface area contributed by atoms with Gasteiger partial charge in [0.05, 0.1) is 11.1 Å². The van der Waals surface area contributed by atoms with Crippen LogP contribution in [0, 0.1) is 13.8 Å². The molecule has 0 saturated heterocycles. The van der Waals surface area contributed by atoms with Crippen LogP contribution >= 0.6 is 27.3 Å². The van der Waals surface area contributed by atoms with Gasteiger partial charge in [0, 0.05) is 14.7 Å². The lowest BCUT2D eigenvalue weighted by molar-refractivity contribution is -0.138. The Morgan fingerprint density at radius 3 is 2.32 bits per heavy atom. The molecule has 0 bridgehead atoms. The highest BCUT2D eigenvalue weighted by atomic mass is 79.9. The SMILES string of the molecule is Cc1sc2c(Br)c3ccccc3c(-c3ccc(OC(CC(=O)O)c4ccccc4)c(C(C)C)c3)c2c1C. The number of aryl methyl sites for hydroxylation is 2. The van der Waals surface area contributed by atoms with Crippen LogP contribution in [0.1, 0.15) is 53.9 Å². The third-order valence-corrected chi connectivity index (χ3v) is 9.30. The standard InChI is InChI=1S/C32H29BrO3S/c1-18(2)25-16-22(14-15-26(25)36-27(17-28(34)35)21-10-6-5-7-11-21)30-23-12-8-9-13-24(23)31(33)32-29(30)19(3)20(4)37-32/h5-16,18,27H,17H2,1-4H3,(H,34,35). The number of benzene rings is 4. The maximum absolute atomic E-state index is 11.7. The quantitative estimate of drug-likeness (QED) is 0.211. The number of ether oxygens (including phenoxy) is 1. The zero-order valence-electron chi connectivity index (χ0n) is 21.3. The predicted molar refractivity (Wildman–Crippen MR) is 158 cm³/mol. The molecule has 5 rings (SSSR count). The lowest BCUT2D eigenvalue weighted by atomic mass is 9.90. The fraction of sp³-hybridized carbons (Fsp3) is 0.219. The van der Waals surface area contributed by atoms with Crippen molar-refractivity contribution in [3.05, 3.63) is 98.8 Å². The smallest absolute Gasteiger partial charge is 0.307 e. The van der Waals surface area contributed by atoms with Gasteiger partial charge in [-0.3, -0.25) is 4.79 Å². The van der Waals surface area contributed by atoms with Gasteiger partial charge in [-0.1, -0.05) is 74.5 Å². The molecule has 1 heterocycles. The highest BCUT2D eigenvalue weighted by Crippen LogP contribution is 2.48. The van der Waals surface area contributed by atoms with Gasteiger partial charge < -0.3 is 9.84 Å². The van der Waals surface area contributed by atoms with E-state index in [1.807, 2.05) is 47.7 Å². The minimum Gasteiger partial charge on any atom is -0.485 e. The molecule has 0 radical (unpaired) electrons. The highest BCUT2D eigenvalue weighted by Gasteiger charge is 2.23. The number of thiophene rings is 1. The van der Waals surface area contributed by atoms with Gasteiger partial charge in [-0.15, -0.1) is 11.3 Å². The number of carbonyl (C=O) groups is 1. The summed E-state index contributed by atoms with van der Waals surface area (Å²) in [6.07, 6.45) is -0.668. The van der Waals surface area contributed by atoms with Crippen LogP contribution in [0.5, 0.6) is 5.75 Å². The molecular weight excluding hydrogens is 544 g/mol. The Morgan fingerprint density at radius 1 is 0.973 bits per heavy atom. The molecule has 188 valence electrons. The maximum Gasteiger partial charge on any atom is 0.307 e. The van der Waals surface area contributed by atoms with Crippen LogP contribution in [0.25, 0.3) is 32.0 Å². The minimum absolute atomic E-state index is 0.103. The largest absolute Gasteiger partial charge is 0.485 e. The predicted octanol–water partition coefficient (Wildman–Crippen LogP) is 9.82. The molecule has 37 heavy (non-hydrogen) atoms. The maximum atomic E-state index is 11.7. The normalized spacial score (nSPS) is 12.4. The Hall–Kier alpha value is -3.15. The van der Waals surface area contributed by atoms with Crippen LogP contribution in [-0.2, 0) is 4.79 Å². The monoisotopic (exact) mass is 572 g/mol. The Labute approximate surface area is 229 Å². The number of hydrogen-bond acceptors (Lipinski definition) is 3. The van der Waals surface area contributed by atoms with Crippen molar-refractivity contribution in [1.82, 2.24) is 0 Å².